The van der Waals surface area contributed by atoms with Crippen molar-refractivity contribution < 1.29 is 5.11 Å². The maximum Gasteiger partial charge on any atom is 0.149 e. The van der Waals surface area contributed by atoms with Crippen LogP contribution in [-0.4, -0.2) is 34.2 Å². The fourth-order valence-electron chi connectivity index (χ4n) is 1.41. The Kier molecular flexibility index (Phi) is 5.07. The third-order valence-electron chi connectivity index (χ3n) is 2.45. The molecule has 0 aliphatic rings. The van der Waals surface area contributed by atoms with Gasteiger partial charge in [0, 0.05) is 17.5 Å². The van der Waals surface area contributed by atoms with E-state index in [2.05, 4.69) is 10.3 Å². The minimum Gasteiger partial charge on any atom is -0.396 e. The van der Waals surface area contributed by atoms with Gasteiger partial charge in [-0.05, 0) is 19.2 Å². The van der Waals surface area contributed by atoms with E-state index in [9.17, 15) is 5.11 Å². The number of hydrogen-bond donors (Lipinski definition) is 3. The second kappa shape index (κ2) is 6.33. The van der Waals surface area contributed by atoms with Crippen molar-refractivity contribution in [2.24, 2.45) is 0 Å². The Labute approximate surface area is 105 Å². The van der Waals surface area contributed by atoms with E-state index >= 15 is 0 Å². The number of pyridine rings is 1. The number of aliphatic hydroxyl groups is 1. The molecule has 6 heteroatoms. The van der Waals surface area contributed by atoms with E-state index in [4.69, 9.17) is 11.0 Å². The van der Waals surface area contributed by atoms with Gasteiger partial charge >= 0.3 is 0 Å². The summed E-state index contributed by atoms with van der Waals surface area (Å²) in [4.78, 5) is 4.09. The molecule has 0 saturated heterocycles. The number of nitrogen functional groups attached to an aromatic ring is 1. The van der Waals surface area contributed by atoms with Crippen molar-refractivity contribution in [3.05, 3.63) is 17.8 Å². The molecule has 2 atom stereocenters. The quantitative estimate of drug-likeness (QED) is 0.725. The molecule has 0 aliphatic heterocycles. The predicted molar refractivity (Wildman–Crippen MR) is 70.8 cm³/mol. The predicted octanol–water partition coefficient (Wildman–Crippen LogP) is 1.06. The molecule has 1 rings (SSSR count). The van der Waals surface area contributed by atoms with E-state index in [1.807, 2.05) is 19.2 Å². The molecule has 17 heavy (non-hydrogen) atoms. The standard InChI is InChI=1S/C11H16N4OS/c1-7(10(6-16)17-2)15-11-9(13)3-8(4-12)5-14-11/h3,5,7,10,16H,6,13H2,1-2H3,(H,14,15). The van der Waals surface area contributed by atoms with Gasteiger partial charge in [0.05, 0.1) is 17.9 Å². The van der Waals surface area contributed by atoms with Gasteiger partial charge in [0.1, 0.15) is 11.9 Å². The minimum atomic E-state index is 0.0396. The largest absolute Gasteiger partial charge is 0.396 e. The Hall–Kier alpha value is -1.45. The number of nitrogens with zero attached hydrogens (tertiary/aromatic N) is 2. The summed E-state index contributed by atoms with van der Waals surface area (Å²) in [7, 11) is 0. The molecule has 0 radical (unpaired) electrons. The van der Waals surface area contributed by atoms with Crippen molar-refractivity contribution in [1.29, 1.82) is 5.26 Å². The molecular weight excluding hydrogens is 236 g/mol. The van der Waals surface area contributed by atoms with E-state index in [1.165, 1.54) is 6.20 Å². The normalized spacial score (nSPS) is 13.8. The Bertz CT molecular complexity index is 414. The minimum absolute atomic E-state index is 0.0396. The molecule has 1 aromatic rings. The van der Waals surface area contributed by atoms with Crippen LogP contribution in [0.15, 0.2) is 12.3 Å². The molecule has 0 aliphatic carbocycles. The highest BCUT2D eigenvalue weighted by Crippen LogP contribution is 2.20. The third-order valence-corrected chi connectivity index (χ3v) is 3.61. The molecule has 0 bridgehead atoms. The first kappa shape index (κ1) is 13.6. The fraction of sp³-hybridized carbons (Fsp3) is 0.455. The van der Waals surface area contributed by atoms with Gasteiger partial charge in [0.15, 0.2) is 0 Å². The van der Waals surface area contributed by atoms with Gasteiger partial charge in [0.2, 0.25) is 0 Å². The van der Waals surface area contributed by atoms with Crippen LogP contribution in [0.2, 0.25) is 0 Å². The smallest absolute Gasteiger partial charge is 0.149 e. The number of nitrogens with one attached hydrogen (secondary N) is 1. The van der Waals surface area contributed by atoms with E-state index < -0.39 is 0 Å². The number of nitriles is 1. The van der Waals surface area contributed by atoms with Crippen LogP contribution in [0, 0.1) is 11.3 Å². The lowest BCUT2D eigenvalue weighted by Gasteiger charge is -2.22. The topological polar surface area (TPSA) is 95.0 Å². The molecule has 4 N–H and O–H groups in total. The van der Waals surface area contributed by atoms with E-state index in [0.717, 1.165) is 0 Å². The summed E-state index contributed by atoms with van der Waals surface area (Å²) in [5.74, 6) is 0.545. The Morgan fingerprint density at radius 2 is 2.41 bits per heavy atom. The molecule has 92 valence electrons. The lowest BCUT2D eigenvalue weighted by Crippen LogP contribution is -2.31. The molecule has 2 unspecified atom stereocenters. The number of aromatic nitrogens is 1. The van der Waals surface area contributed by atoms with Gasteiger partial charge in [-0.15, -0.1) is 0 Å². The van der Waals surface area contributed by atoms with E-state index in [1.54, 1.807) is 17.8 Å². The van der Waals surface area contributed by atoms with Crippen molar-refractivity contribution in [1.82, 2.24) is 4.98 Å². The monoisotopic (exact) mass is 252 g/mol. The summed E-state index contributed by atoms with van der Waals surface area (Å²) in [5.41, 5.74) is 6.66. The van der Waals surface area contributed by atoms with Crippen molar-refractivity contribution >= 4 is 23.3 Å². The first-order valence-corrected chi connectivity index (χ1v) is 6.47. The van der Waals surface area contributed by atoms with E-state index in [-0.39, 0.29) is 17.9 Å². The Morgan fingerprint density at radius 3 is 2.88 bits per heavy atom. The first-order valence-electron chi connectivity index (χ1n) is 5.18. The Morgan fingerprint density at radius 1 is 1.71 bits per heavy atom. The second-order valence-electron chi connectivity index (χ2n) is 3.66. The van der Waals surface area contributed by atoms with Crippen molar-refractivity contribution in [3.8, 4) is 6.07 Å². The molecule has 1 aromatic heterocycles. The van der Waals surface area contributed by atoms with Crippen LogP contribution in [0.1, 0.15) is 12.5 Å². The van der Waals surface area contributed by atoms with Gasteiger partial charge in [-0.3, -0.25) is 0 Å². The number of rotatable bonds is 5. The van der Waals surface area contributed by atoms with Gasteiger partial charge in [0.25, 0.3) is 0 Å². The van der Waals surface area contributed by atoms with Crippen LogP contribution < -0.4 is 11.1 Å². The average Bonchev–Trinajstić information content (AvgIpc) is 2.33. The summed E-state index contributed by atoms with van der Waals surface area (Å²) in [6.07, 6.45) is 3.41. The third kappa shape index (κ3) is 3.51. The van der Waals surface area contributed by atoms with Gasteiger partial charge in [-0.25, -0.2) is 4.98 Å². The van der Waals surface area contributed by atoms with Crippen LogP contribution in [-0.2, 0) is 0 Å². The van der Waals surface area contributed by atoms with Crippen molar-refractivity contribution in [2.45, 2.75) is 18.2 Å². The highest BCUT2D eigenvalue weighted by molar-refractivity contribution is 7.99. The molecule has 0 aromatic carbocycles. The van der Waals surface area contributed by atoms with Crippen molar-refractivity contribution in [2.75, 3.05) is 23.9 Å². The van der Waals surface area contributed by atoms with Crippen LogP contribution in [0.5, 0.6) is 0 Å². The van der Waals surface area contributed by atoms with Gasteiger partial charge in [-0.1, -0.05) is 0 Å². The molecule has 5 nitrogen and oxygen atoms in total. The first-order chi connectivity index (χ1) is 8.12. The maximum atomic E-state index is 9.17. The highest BCUT2D eigenvalue weighted by atomic mass is 32.2. The van der Waals surface area contributed by atoms with Crippen LogP contribution in [0.4, 0.5) is 11.5 Å². The second-order valence-corrected chi connectivity index (χ2v) is 4.74. The number of hydrogen-bond acceptors (Lipinski definition) is 6. The summed E-state index contributed by atoms with van der Waals surface area (Å²) in [6, 6.07) is 3.60. The SMILES string of the molecule is CSC(CO)C(C)Nc1ncc(C#N)cc1N. The number of nitrogens with two attached hydrogens (primary N) is 1. The fourth-order valence-corrected chi connectivity index (χ4v) is 2.03. The molecule has 1 heterocycles. The molecule has 0 saturated carbocycles. The van der Waals surface area contributed by atoms with Gasteiger partial charge < -0.3 is 16.2 Å². The summed E-state index contributed by atoms with van der Waals surface area (Å²) in [6.45, 7) is 2.04. The van der Waals surface area contributed by atoms with Crippen LogP contribution >= 0.6 is 11.8 Å². The van der Waals surface area contributed by atoms with Crippen molar-refractivity contribution in [3.63, 3.8) is 0 Å². The maximum absolute atomic E-state index is 9.17. The molecule has 0 spiro atoms. The molecule has 0 amide bonds. The number of anilines is 2. The molecule has 0 fully saturated rings. The summed E-state index contributed by atoms with van der Waals surface area (Å²) >= 11 is 1.58. The zero-order chi connectivity index (χ0) is 12.8. The average molecular weight is 252 g/mol. The van der Waals surface area contributed by atoms with Gasteiger partial charge in [-0.2, -0.15) is 17.0 Å². The number of thioether (sulfide) groups is 1. The molecular formula is C11H16N4OS. The van der Waals surface area contributed by atoms with Crippen LogP contribution in [0.25, 0.3) is 0 Å². The lowest BCUT2D eigenvalue weighted by molar-refractivity contribution is 0.288. The Balaban J connectivity index is 2.78. The summed E-state index contributed by atoms with van der Waals surface area (Å²) in [5, 5.41) is 21.1. The lowest BCUT2D eigenvalue weighted by atomic mass is 10.2. The zero-order valence-electron chi connectivity index (χ0n) is 9.84. The van der Waals surface area contributed by atoms with E-state index in [0.29, 0.717) is 17.1 Å². The zero-order valence-corrected chi connectivity index (χ0v) is 10.7. The highest BCUT2D eigenvalue weighted by Gasteiger charge is 2.16. The number of aliphatic hydroxyl groups excluding tert-OH is 1. The summed E-state index contributed by atoms with van der Waals surface area (Å²) < 4.78 is 0. The van der Waals surface area contributed by atoms with Crippen LogP contribution in [0.3, 0.4) is 0 Å².